The van der Waals surface area contributed by atoms with Crippen LogP contribution in [0, 0.1) is 5.92 Å². The minimum atomic E-state index is -0.0143. The summed E-state index contributed by atoms with van der Waals surface area (Å²) in [6.07, 6.45) is 5.79. The number of piperidine rings is 1. The molecule has 0 radical (unpaired) electrons. The topological polar surface area (TPSA) is 50.2 Å². The highest BCUT2D eigenvalue weighted by Gasteiger charge is 2.20. The molecule has 1 fully saturated rings. The van der Waals surface area contributed by atoms with E-state index >= 15 is 0 Å². The first kappa shape index (κ1) is 13.7. The molecule has 1 aromatic heterocycles. The number of aromatic nitrogens is 2. The molecule has 2 amide bonds. The second-order valence-electron chi connectivity index (χ2n) is 5.60. The molecule has 5 nitrogen and oxygen atoms in total. The van der Waals surface area contributed by atoms with Crippen molar-refractivity contribution in [3.63, 3.8) is 0 Å². The van der Waals surface area contributed by atoms with Crippen LogP contribution in [0.25, 0.3) is 5.69 Å². The van der Waals surface area contributed by atoms with Gasteiger partial charge in [-0.25, -0.2) is 9.48 Å². The van der Waals surface area contributed by atoms with Gasteiger partial charge in [0.2, 0.25) is 0 Å². The number of amides is 2. The van der Waals surface area contributed by atoms with Crippen LogP contribution in [0.5, 0.6) is 0 Å². The maximum Gasteiger partial charge on any atom is 0.321 e. The van der Waals surface area contributed by atoms with E-state index in [2.05, 4.69) is 17.3 Å². The lowest BCUT2D eigenvalue weighted by atomic mass is 10.00. The summed E-state index contributed by atoms with van der Waals surface area (Å²) in [6.45, 7) is 3.92. The molecule has 3 rings (SSSR count). The van der Waals surface area contributed by atoms with Crippen molar-refractivity contribution in [1.82, 2.24) is 14.7 Å². The molecule has 1 saturated heterocycles. The number of carbonyl (C=O) groups excluding carboxylic acids is 1. The van der Waals surface area contributed by atoms with Gasteiger partial charge < -0.3 is 10.2 Å². The van der Waals surface area contributed by atoms with Crippen molar-refractivity contribution in [2.45, 2.75) is 19.8 Å². The van der Waals surface area contributed by atoms with Gasteiger partial charge in [0, 0.05) is 31.2 Å². The third-order valence-corrected chi connectivity index (χ3v) is 3.94. The zero-order chi connectivity index (χ0) is 14.7. The Morgan fingerprint density at radius 3 is 2.81 bits per heavy atom. The minimum absolute atomic E-state index is 0.0143. The lowest BCUT2D eigenvalue weighted by Gasteiger charge is -2.30. The molecule has 2 heterocycles. The van der Waals surface area contributed by atoms with Crippen LogP contribution in [0.3, 0.4) is 0 Å². The van der Waals surface area contributed by atoms with Gasteiger partial charge in [-0.2, -0.15) is 5.10 Å². The molecule has 0 bridgehead atoms. The second kappa shape index (κ2) is 5.99. The first-order chi connectivity index (χ1) is 10.2. The quantitative estimate of drug-likeness (QED) is 0.921. The number of rotatable bonds is 2. The van der Waals surface area contributed by atoms with Crippen molar-refractivity contribution < 1.29 is 4.79 Å². The van der Waals surface area contributed by atoms with Crippen molar-refractivity contribution in [1.29, 1.82) is 0 Å². The average Bonchev–Trinajstić information content (AvgIpc) is 3.02. The fourth-order valence-corrected chi connectivity index (χ4v) is 2.56. The standard InChI is InChI=1S/C16H20N4O/c1-13-6-10-19(11-7-13)16(21)18-14-4-2-5-15(12-14)20-9-3-8-17-20/h2-5,8-9,12-13H,6-7,10-11H2,1H3,(H,18,21). The number of carbonyl (C=O) groups is 1. The molecule has 1 aromatic carbocycles. The molecule has 1 N–H and O–H groups in total. The molecular weight excluding hydrogens is 264 g/mol. The van der Waals surface area contributed by atoms with Gasteiger partial charge in [0.15, 0.2) is 0 Å². The van der Waals surface area contributed by atoms with Crippen LogP contribution in [-0.4, -0.2) is 33.8 Å². The van der Waals surface area contributed by atoms with Crippen LogP contribution in [-0.2, 0) is 0 Å². The fourth-order valence-electron chi connectivity index (χ4n) is 2.56. The summed E-state index contributed by atoms with van der Waals surface area (Å²) in [6, 6.07) is 9.57. The Kier molecular flexibility index (Phi) is 3.90. The van der Waals surface area contributed by atoms with E-state index in [4.69, 9.17) is 0 Å². The molecule has 110 valence electrons. The molecule has 0 aliphatic carbocycles. The van der Waals surface area contributed by atoms with E-state index in [9.17, 15) is 4.79 Å². The Labute approximate surface area is 124 Å². The van der Waals surface area contributed by atoms with Gasteiger partial charge in [-0.1, -0.05) is 13.0 Å². The zero-order valence-electron chi connectivity index (χ0n) is 12.2. The maximum absolute atomic E-state index is 12.3. The van der Waals surface area contributed by atoms with Crippen LogP contribution in [0.15, 0.2) is 42.7 Å². The summed E-state index contributed by atoms with van der Waals surface area (Å²) in [4.78, 5) is 14.2. The number of nitrogens with zero attached hydrogens (tertiary/aromatic N) is 3. The molecule has 5 heteroatoms. The number of hydrogen-bond acceptors (Lipinski definition) is 2. The van der Waals surface area contributed by atoms with E-state index < -0.39 is 0 Å². The van der Waals surface area contributed by atoms with E-state index in [-0.39, 0.29) is 6.03 Å². The number of anilines is 1. The smallest absolute Gasteiger partial charge is 0.321 e. The molecule has 1 aliphatic heterocycles. The predicted molar refractivity (Wildman–Crippen MR) is 82.6 cm³/mol. The van der Waals surface area contributed by atoms with E-state index in [1.807, 2.05) is 41.4 Å². The number of benzene rings is 1. The molecule has 1 aliphatic rings. The monoisotopic (exact) mass is 284 g/mol. The molecule has 0 saturated carbocycles. The zero-order valence-corrected chi connectivity index (χ0v) is 12.2. The van der Waals surface area contributed by atoms with Crippen molar-refractivity contribution in [2.75, 3.05) is 18.4 Å². The van der Waals surface area contributed by atoms with E-state index in [0.29, 0.717) is 0 Å². The Morgan fingerprint density at radius 2 is 2.10 bits per heavy atom. The number of urea groups is 1. The van der Waals surface area contributed by atoms with Crippen LogP contribution in [0.2, 0.25) is 0 Å². The van der Waals surface area contributed by atoms with Crippen LogP contribution in [0.4, 0.5) is 10.5 Å². The number of hydrogen-bond donors (Lipinski definition) is 1. The summed E-state index contributed by atoms with van der Waals surface area (Å²) < 4.78 is 1.78. The van der Waals surface area contributed by atoms with Crippen molar-refractivity contribution in [2.24, 2.45) is 5.92 Å². The predicted octanol–water partition coefficient (Wildman–Crippen LogP) is 3.14. The van der Waals surface area contributed by atoms with Gasteiger partial charge in [-0.3, -0.25) is 0 Å². The first-order valence-corrected chi connectivity index (χ1v) is 7.38. The van der Waals surface area contributed by atoms with E-state index in [1.165, 1.54) is 0 Å². The Hall–Kier alpha value is -2.30. The largest absolute Gasteiger partial charge is 0.325 e. The van der Waals surface area contributed by atoms with Crippen LogP contribution in [0.1, 0.15) is 19.8 Å². The molecule has 21 heavy (non-hydrogen) atoms. The summed E-state index contributed by atoms with van der Waals surface area (Å²) in [5.41, 5.74) is 1.73. The van der Waals surface area contributed by atoms with Crippen molar-refractivity contribution >= 4 is 11.7 Å². The highest BCUT2D eigenvalue weighted by atomic mass is 16.2. The maximum atomic E-state index is 12.3. The normalized spacial score (nSPS) is 16.0. The van der Waals surface area contributed by atoms with E-state index in [0.717, 1.165) is 43.2 Å². The summed E-state index contributed by atoms with van der Waals surface area (Å²) in [7, 11) is 0. The molecule has 0 atom stereocenters. The van der Waals surface area contributed by atoms with Crippen molar-refractivity contribution in [3.05, 3.63) is 42.7 Å². The summed E-state index contributed by atoms with van der Waals surface area (Å²) >= 11 is 0. The number of nitrogens with one attached hydrogen (secondary N) is 1. The molecule has 0 unspecified atom stereocenters. The van der Waals surface area contributed by atoms with Gasteiger partial charge in [0.1, 0.15) is 0 Å². The molecule has 0 spiro atoms. The lowest BCUT2D eigenvalue weighted by molar-refractivity contribution is 0.186. The SMILES string of the molecule is CC1CCN(C(=O)Nc2cccc(-n3cccn3)c2)CC1. The Bertz CT molecular complexity index is 600. The second-order valence-corrected chi connectivity index (χ2v) is 5.60. The fraction of sp³-hybridized carbons (Fsp3) is 0.375. The van der Waals surface area contributed by atoms with Gasteiger partial charge in [-0.15, -0.1) is 0 Å². The van der Waals surface area contributed by atoms with Crippen LogP contribution < -0.4 is 5.32 Å². The average molecular weight is 284 g/mol. The third-order valence-electron chi connectivity index (χ3n) is 3.94. The van der Waals surface area contributed by atoms with Crippen LogP contribution >= 0.6 is 0 Å². The first-order valence-electron chi connectivity index (χ1n) is 7.38. The summed E-state index contributed by atoms with van der Waals surface area (Å²) in [5.74, 6) is 0.720. The van der Waals surface area contributed by atoms with Crippen molar-refractivity contribution in [3.8, 4) is 5.69 Å². The lowest BCUT2D eigenvalue weighted by Crippen LogP contribution is -2.40. The number of likely N-dealkylation sites (tertiary alicyclic amines) is 1. The highest BCUT2D eigenvalue weighted by molar-refractivity contribution is 5.89. The van der Waals surface area contributed by atoms with Gasteiger partial charge in [-0.05, 0) is 43.0 Å². The third kappa shape index (κ3) is 3.24. The van der Waals surface area contributed by atoms with Gasteiger partial charge >= 0.3 is 6.03 Å². The highest BCUT2D eigenvalue weighted by Crippen LogP contribution is 2.18. The van der Waals surface area contributed by atoms with E-state index in [1.54, 1.807) is 10.9 Å². The minimum Gasteiger partial charge on any atom is -0.325 e. The Morgan fingerprint density at radius 1 is 1.29 bits per heavy atom. The van der Waals surface area contributed by atoms with Gasteiger partial charge in [0.25, 0.3) is 0 Å². The summed E-state index contributed by atoms with van der Waals surface area (Å²) in [5, 5.41) is 7.17. The molecule has 2 aromatic rings. The van der Waals surface area contributed by atoms with Gasteiger partial charge in [0.05, 0.1) is 5.69 Å². The molecular formula is C16H20N4O. The Balaban J connectivity index is 1.67.